The Balaban J connectivity index is 0.00000109. The van der Waals surface area contributed by atoms with Gasteiger partial charge in [-0.3, -0.25) is 0 Å². The van der Waals surface area contributed by atoms with Crippen molar-refractivity contribution in [1.29, 1.82) is 0 Å². The minimum absolute atomic E-state index is 0.0264. The van der Waals surface area contributed by atoms with Crippen molar-refractivity contribution in [2.75, 3.05) is 9.80 Å². The number of nitrogens with zero attached hydrogens (tertiary/aromatic N) is 2. The van der Waals surface area contributed by atoms with Crippen molar-refractivity contribution < 1.29 is 17.3 Å². The van der Waals surface area contributed by atoms with Gasteiger partial charge in [0.05, 0.1) is 0 Å². The van der Waals surface area contributed by atoms with Crippen LogP contribution in [-0.2, 0) is 17.3 Å². The fourth-order valence-electron chi connectivity index (χ4n) is 3.39. The Hall–Kier alpha value is -1.05. The van der Waals surface area contributed by atoms with Crippen LogP contribution in [0.2, 0.25) is 0 Å². The number of hydrogen-bond acceptors (Lipinski definition) is 2. The van der Waals surface area contributed by atoms with E-state index in [2.05, 4.69) is 116 Å². The minimum atomic E-state index is -0.0264. The van der Waals surface area contributed by atoms with Gasteiger partial charge in [-0.2, -0.15) is 6.67 Å². The van der Waals surface area contributed by atoms with Crippen molar-refractivity contribution in [1.82, 2.24) is 0 Å². The van der Waals surface area contributed by atoms with E-state index in [0.717, 1.165) is 0 Å². The van der Waals surface area contributed by atoms with E-state index in [4.69, 9.17) is 0 Å². The van der Waals surface area contributed by atoms with Crippen LogP contribution in [0.5, 0.6) is 0 Å². The first-order valence-electron chi connectivity index (χ1n) is 8.45. The first kappa shape index (κ1) is 20.3. The molecule has 2 aromatic rings. The molecule has 1 aliphatic rings. The quantitative estimate of drug-likeness (QED) is 0.415. The maximum atomic E-state index is 4.57. The van der Waals surface area contributed by atoms with Crippen molar-refractivity contribution in [3.63, 3.8) is 0 Å². The van der Waals surface area contributed by atoms with Gasteiger partial charge in [-0.25, -0.2) is 0 Å². The van der Waals surface area contributed by atoms with Crippen molar-refractivity contribution in [2.24, 2.45) is 0 Å². The standard InChI is InChI=1S/C21H27N2.ClH.Ru/c1-16-11-7-9-13-18(16)22-15-23(21(5,6)20(22,3)4)19-14-10-8-12-17(19)2;;/h7-15H,1-6H3;1H;/q-1;;+2/p-1. The van der Waals surface area contributed by atoms with Crippen molar-refractivity contribution in [3.05, 3.63) is 66.3 Å². The summed E-state index contributed by atoms with van der Waals surface area (Å²) in [6.07, 6.45) is 0. The predicted molar refractivity (Wildman–Crippen MR) is 106 cm³/mol. The summed E-state index contributed by atoms with van der Waals surface area (Å²) in [4.78, 5) is 4.85. The zero-order valence-electron chi connectivity index (χ0n) is 15.8. The zero-order chi connectivity index (χ0) is 18.8. The second-order valence-corrected chi connectivity index (χ2v) is 7.55. The Morgan fingerprint density at radius 3 is 1.36 bits per heavy atom. The molecule has 0 N–H and O–H groups in total. The van der Waals surface area contributed by atoms with Gasteiger partial charge in [0.15, 0.2) is 0 Å². The van der Waals surface area contributed by atoms with Crippen LogP contribution in [0, 0.1) is 20.5 Å². The Morgan fingerprint density at radius 1 is 0.720 bits per heavy atom. The first-order chi connectivity index (χ1) is 11.8. The molecule has 4 heteroatoms. The third-order valence-electron chi connectivity index (χ3n) is 5.68. The fourth-order valence-corrected chi connectivity index (χ4v) is 3.39. The van der Waals surface area contributed by atoms with Crippen LogP contribution in [0.1, 0.15) is 38.8 Å². The molecule has 0 unspecified atom stereocenters. The second kappa shape index (κ2) is 7.68. The van der Waals surface area contributed by atoms with Gasteiger partial charge in [0, 0.05) is 22.5 Å². The number of hydrogen-bond donors (Lipinski definition) is 0. The number of para-hydroxylation sites is 2. The normalized spacial score (nSPS) is 17.9. The summed E-state index contributed by atoms with van der Waals surface area (Å²) in [5.74, 6) is 0. The average molecular weight is 444 g/mol. The summed E-state index contributed by atoms with van der Waals surface area (Å²) in [5, 5.41) is 0. The van der Waals surface area contributed by atoms with Crippen LogP contribution in [0.15, 0.2) is 48.5 Å². The summed E-state index contributed by atoms with van der Waals surface area (Å²) < 4.78 is 0. The monoisotopic (exact) mass is 444 g/mol. The summed E-state index contributed by atoms with van der Waals surface area (Å²) in [7, 11) is 4.57. The number of halogens is 1. The van der Waals surface area contributed by atoms with E-state index < -0.39 is 0 Å². The molecular formula is C21H27ClN2Ru. The van der Waals surface area contributed by atoms with E-state index in [1.54, 1.807) is 0 Å². The molecule has 25 heavy (non-hydrogen) atoms. The van der Waals surface area contributed by atoms with E-state index in [1.165, 1.54) is 22.5 Å². The molecule has 0 atom stereocenters. The van der Waals surface area contributed by atoms with Gasteiger partial charge < -0.3 is 9.80 Å². The van der Waals surface area contributed by atoms with Crippen LogP contribution in [0.4, 0.5) is 11.4 Å². The Morgan fingerprint density at radius 2 is 1.04 bits per heavy atom. The van der Waals surface area contributed by atoms with Crippen molar-refractivity contribution in [3.8, 4) is 0 Å². The first-order valence-corrected chi connectivity index (χ1v) is 10.7. The summed E-state index contributed by atoms with van der Waals surface area (Å²) in [6, 6.07) is 17.2. The van der Waals surface area contributed by atoms with Gasteiger partial charge in [0.2, 0.25) is 0 Å². The van der Waals surface area contributed by atoms with Gasteiger partial charge in [0.1, 0.15) is 0 Å². The Kier molecular flexibility index (Phi) is 6.23. The molecule has 136 valence electrons. The Bertz CT molecular complexity index is 666. The molecule has 0 aromatic heterocycles. The van der Waals surface area contributed by atoms with Crippen LogP contribution in [0.25, 0.3) is 0 Å². The van der Waals surface area contributed by atoms with Crippen molar-refractivity contribution >= 4 is 21.1 Å². The molecule has 0 spiro atoms. The number of benzene rings is 2. The molecule has 3 rings (SSSR count). The maximum absolute atomic E-state index is 4.57. The molecule has 0 bridgehead atoms. The third-order valence-corrected chi connectivity index (χ3v) is 5.68. The van der Waals surface area contributed by atoms with Gasteiger partial charge in [-0.1, -0.05) is 36.4 Å². The molecule has 2 aromatic carbocycles. The topological polar surface area (TPSA) is 6.48 Å². The molecule has 1 fully saturated rings. The summed E-state index contributed by atoms with van der Waals surface area (Å²) >= 11 is 1.82. The van der Waals surface area contributed by atoms with Crippen LogP contribution < -0.4 is 9.80 Å². The fraction of sp³-hybridized carbons (Fsp3) is 0.381. The number of aryl methyl sites for hydroxylation is 2. The predicted octanol–water partition coefficient (Wildman–Crippen LogP) is 5.99. The molecule has 1 saturated heterocycles. The van der Waals surface area contributed by atoms with Crippen LogP contribution >= 0.6 is 9.69 Å². The third kappa shape index (κ3) is 3.46. The summed E-state index contributed by atoms with van der Waals surface area (Å²) in [6.45, 7) is 16.0. The van der Waals surface area contributed by atoms with E-state index in [-0.39, 0.29) is 11.1 Å². The van der Waals surface area contributed by atoms with Gasteiger partial charge in [-0.05, 0) is 64.8 Å². The summed E-state index contributed by atoms with van der Waals surface area (Å²) in [5.41, 5.74) is 5.12. The van der Waals surface area contributed by atoms with Gasteiger partial charge >= 0.3 is 27.0 Å². The average Bonchev–Trinajstić information content (AvgIpc) is 2.77. The van der Waals surface area contributed by atoms with E-state index in [1.807, 2.05) is 17.3 Å². The van der Waals surface area contributed by atoms with E-state index in [0.29, 0.717) is 0 Å². The van der Waals surface area contributed by atoms with Crippen LogP contribution in [0.3, 0.4) is 0 Å². The number of anilines is 2. The second-order valence-electron chi connectivity index (χ2n) is 7.55. The molecule has 0 radical (unpaired) electrons. The SMILES string of the molecule is Cc1ccccc1N1[CH-]N(c2ccccc2C)C(C)(C)C1(C)C.[Cl][Ru+]. The number of rotatable bonds is 2. The van der Waals surface area contributed by atoms with Gasteiger partial charge in [-0.15, -0.1) is 0 Å². The molecule has 1 heterocycles. The van der Waals surface area contributed by atoms with Crippen LogP contribution in [-0.4, -0.2) is 11.1 Å². The molecule has 0 aliphatic carbocycles. The molecule has 0 amide bonds. The van der Waals surface area contributed by atoms with Gasteiger partial charge in [0.25, 0.3) is 0 Å². The van der Waals surface area contributed by atoms with E-state index >= 15 is 0 Å². The van der Waals surface area contributed by atoms with E-state index in [9.17, 15) is 0 Å². The molecule has 0 saturated carbocycles. The molecule has 2 nitrogen and oxygen atoms in total. The Labute approximate surface area is 166 Å². The van der Waals surface area contributed by atoms with Crippen molar-refractivity contribution in [2.45, 2.75) is 52.6 Å². The molecule has 1 aliphatic heterocycles. The zero-order valence-corrected chi connectivity index (χ0v) is 18.3. The molecular weight excluding hydrogens is 417 g/mol.